The van der Waals surface area contributed by atoms with E-state index >= 15 is 0 Å². The number of aromatic nitrogens is 2. The van der Waals surface area contributed by atoms with E-state index in [4.69, 9.17) is 4.74 Å². The molecule has 0 bridgehead atoms. The van der Waals surface area contributed by atoms with E-state index in [1.165, 1.54) is 30.6 Å². The lowest BCUT2D eigenvalue weighted by Gasteiger charge is -2.29. The highest BCUT2D eigenvalue weighted by Crippen LogP contribution is 2.31. The summed E-state index contributed by atoms with van der Waals surface area (Å²) >= 11 is 0. The molecule has 2 heterocycles. The number of rotatable bonds is 4. The Bertz CT molecular complexity index is 367. The molecule has 1 aromatic heterocycles. The number of hydrogen-bond acceptors (Lipinski definition) is 3. The zero-order valence-corrected chi connectivity index (χ0v) is 11.2. The lowest BCUT2D eigenvalue weighted by Crippen LogP contribution is -2.31. The van der Waals surface area contributed by atoms with Crippen molar-refractivity contribution in [2.45, 2.75) is 39.0 Å². The molecular weight excluding hydrogens is 214 g/mol. The molecule has 0 saturated carbocycles. The first-order valence-corrected chi connectivity index (χ1v) is 6.62. The van der Waals surface area contributed by atoms with Crippen molar-refractivity contribution in [2.75, 3.05) is 25.1 Å². The third-order valence-electron chi connectivity index (χ3n) is 3.42. The number of hydrogen-bond donors (Lipinski definition) is 0. The van der Waals surface area contributed by atoms with Crippen LogP contribution in [0.25, 0.3) is 0 Å². The molecule has 0 amide bonds. The van der Waals surface area contributed by atoms with E-state index in [-0.39, 0.29) is 0 Å². The van der Waals surface area contributed by atoms with Gasteiger partial charge in [-0.1, -0.05) is 13.3 Å². The van der Waals surface area contributed by atoms with Crippen LogP contribution in [-0.4, -0.2) is 30.0 Å². The highest BCUT2D eigenvalue weighted by Gasteiger charge is 2.22. The predicted octanol–water partition coefficient (Wildman–Crippen LogP) is 2.37. The minimum atomic E-state index is 0.801. The topological polar surface area (TPSA) is 30.3 Å². The van der Waals surface area contributed by atoms with Crippen LogP contribution >= 0.6 is 0 Å². The van der Waals surface area contributed by atoms with Gasteiger partial charge in [-0.2, -0.15) is 0 Å². The molecule has 0 atom stereocenters. The van der Waals surface area contributed by atoms with E-state index in [2.05, 4.69) is 16.9 Å². The minimum Gasteiger partial charge on any atom is -0.480 e. The molecule has 1 fully saturated rings. The van der Waals surface area contributed by atoms with Crippen LogP contribution < -0.4 is 9.64 Å². The van der Waals surface area contributed by atoms with Crippen LogP contribution in [0.3, 0.4) is 0 Å². The molecule has 4 heteroatoms. The number of anilines is 1. The highest BCUT2D eigenvalue weighted by atomic mass is 16.5. The van der Waals surface area contributed by atoms with E-state index in [0.717, 1.165) is 31.8 Å². The van der Waals surface area contributed by atoms with E-state index < -0.39 is 0 Å². The van der Waals surface area contributed by atoms with Gasteiger partial charge in [-0.15, -0.1) is 5.10 Å². The van der Waals surface area contributed by atoms with Gasteiger partial charge in [0.2, 0.25) is 5.88 Å². The average Bonchev–Trinajstić information content (AvgIpc) is 2.67. The second kappa shape index (κ2) is 5.43. The summed E-state index contributed by atoms with van der Waals surface area (Å²) in [6.45, 7) is 4.51. The van der Waals surface area contributed by atoms with Crippen molar-refractivity contribution in [2.24, 2.45) is 7.05 Å². The van der Waals surface area contributed by atoms with Crippen molar-refractivity contribution in [3.8, 4) is 5.88 Å². The first-order chi connectivity index (χ1) is 8.27. The van der Waals surface area contributed by atoms with Crippen molar-refractivity contribution in [3.63, 3.8) is 0 Å². The Morgan fingerprint density at radius 3 is 2.53 bits per heavy atom. The second-order valence-electron chi connectivity index (χ2n) is 4.73. The Kier molecular flexibility index (Phi) is 3.92. The molecule has 1 aliphatic heterocycles. The molecule has 96 valence electrons. The summed E-state index contributed by atoms with van der Waals surface area (Å²) in [5, 5.41) is 4.48. The fourth-order valence-electron chi connectivity index (χ4n) is 2.67. The predicted molar refractivity (Wildman–Crippen MR) is 69.8 cm³/mol. The van der Waals surface area contributed by atoms with Gasteiger partial charge in [0.1, 0.15) is 5.82 Å². The van der Waals surface area contributed by atoms with Crippen LogP contribution in [0.2, 0.25) is 0 Å². The number of aryl methyl sites for hydroxylation is 1. The number of nitrogens with zero attached hydrogens (tertiary/aromatic N) is 3. The third-order valence-corrected chi connectivity index (χ3v) is 3.42. The Labute approximate surface area is 104 Å². The van der Waals surface area contributed by atoms with Crippen LogP contribution in [0.5, 0.6) is 5.88 Å². The lowest BCUT2D eigenvalue weighted by molar-refractivity contribution is 0.387. The molecule has 0 aliphatic carbocycles. The highest BCUT2D eigenvalue weighted by molar-refractivity contribution is 5.53. The standard InChI is InChI=1S/C13H23N3O/c1-4-8-11-12(17-3)14-15(2)13(11)16-9-6-5-7-10-16/h4-10H2,1-3H3. The first-order valence-electron chi connectivity index (χ1n) is 6.62. The largest absolute Gasteiger partial charge is 0.480 e. The normalized spacial score (nSPS) is 16.3. The summed E-state index contributed by atoms with van der Waals surface area (Å²) in [4.78, 5) is 2.46. The molecular formula is C13H23N3O. The molecule has 0 aromatic carbocycles. The van der Waals surface area contributed by atoms with Gasteiger partial charge in [0.05, 0.1) is 12.7 Å². The summed E-state index contributed by atoms with van der Waals surface area (Å²) in [7, 11) is 3.73. The second-order valence-corrected chi connectivity index (χ2v) is 4.73. The lowest BCUT2D eigenvalue weighted by atomic mass is 10.1. The molecule has 1 aliphatic rings. The fourth-order valence-corrected chi connectivity index (χ4v) is 2.67. The maximum absolute atomic E-state index is 5.39. The van der Waals surface area contributed by atoms with Crippen molar-refractivity contribution >= 4 is 5.82 Å². The molecule has 0 radical (unpaired) electrons. The van der Waals surface area contributed by atoms with Gasteiger partial charge >= 0.3 is 0 Å². The Morgan fingerprint density at radius 2 is 1.94 bits per heavy atom. The maximum atomic E-state index is 5.39. The Hall–Kier alpha value is -1.19. The summed E-state index contributed by atoms with van der Waals surface area (Å²) < 4.78 is 7.37. The summed E-state index contributed by atoms with van der Waals surface area (Å²) in [5.74, 6) is 2.07. The Balaban J connectivity index is 2.32. The van der Waals surface area contributed by atoms with Crippen LogP contribution in [-0.2, 0) is 13.5 Å². The zero-order valence-electron chi connectivity index (χ0n) is 11.2. The summed E-state index contributed by atoms with van der Waals surface area (Å²) in [5.41, 5.74) is 1.28. The molecule has 0 N–H and O–H groups in total. The van der Waals surface area contributed by atoms with Crippen LogP contribution in [0.1, 0.15) is 38.2 Å². The quantitative estimate of drug-likeness (QED) is 0.805. The van der Waals surface area contributed by atoms with Gasteiger partial charge in [-0.25, -0.2) is 4.68 Å². The Morgan fingerprint density at radius 1 is 1.24 bits per heavy atom. The van der Waals surface area contributed by atoms with E-state index in [0.29, 0.717) is 0 Å². The van der Waals surface area contributed by atoms with Crippen LogP contribution in [0.15, 0.2) is 0 Å². The maximum Gasteiger partial charge on any atom is 0.237 e. The van der Waals surface area contributed by atoms with Crippen LogP contribution in [0.4, 0.5) is 5.82 Å². The molecule has 17 heavy (non-hydrogen) atoms. The minimum absolute atomic E-state index is 0.801. The molecule has 1 saturated heterocycles. The number of methoxy groups -OCH3 is 1. The van der Waals surface area contributed by atoms with Crippen molar-refractivity contribution in [3.05, 3.63) is 5.56 Å². The molecule has 1 aromatic rings. The van der Waals surface area contributed by atoms with E-state index in [1.54, 1.807) is 7.11 Å². The summed E-state index contributed by atoms with van der Waals surface area (Å²) in [6.07, 6.45) is 6.11. The van der Waals surface area contributed by atoms with Crippen molar-refractivity contribution in [1.82, 2.24) is 9.78 Å². The molecule has 4 nitrogen and oxygen atoms in total. The van der Waals surface area contributed by atoms with Gasteiger partial charge in [0, 0.05) is 20.1 Å². The van der Waals surface area contributed by atoms with Gasteiger partial charge < -0.3 is 9.64 Å². The monoisotopic (exact) mass is 237 g/mol. The zero-order chi connectivity index (χ0) is 12.3. The third kappa shape index (κ3) is 2.40. The molecule has 0 spiro atoms. The number of ether oxygens (including phenoxy) is 1. The van der Waals surface area contributed by atoms with Crippen molar-refractivity contribution in [1.29, 1.82) is 0 Å². The average molecular weight is 237 g/mol. The molecule has 0 unspecified atom stereocenters. The van der Waals surface area contributed by atoms with Crippen molar-refractivity contribution < 1.29 is 4.74 Å². The van der Waals surface area contributed by atoms with E-state index in [9.17, 15) is 0 Å². The smallest absolute Gasteiger partial charge is 0.237 e. The fraction of sp³-hybridized carbons (Fsp3) is 0.769. The first kappa shape index (κ1) is 12.3. The summed E-state index contributed by atoms with van der Waals surface area (Å²) in [6, 6.07) is 0. The van der Waals surface area contributed by atoms with Crippen LogP contribution in [0, 0.1) is 0 Å². The SMILES string of the molecule is CCCc1c(OC)nn(C)c1N1CCCCC1. The molecule has 2 rings (SSSR count). The van der Waals surface area contributed by atoms with Gasteiger partial charge in [-0.05, 0) is 25.7 Å². The van der Waals surface area contributed by atoms with Gasteiger partial charge in [0.25, 0.3) is 0 Å². The van der Waals surface area contributed by atoms with E-state index in [1.807, 2.05) is 11.7 Å². The van der Waals surface area contributed by atoms with Gasteiger partial charge in [0.15, 0.2) is 0 Å². The van der Waals surface area contributed by atoms with Gasteiger partial charge in [-0.3, -0.25) is 0 Å². The number of piperidine rings is 1.